The summed E-state index contributed by atoms with van der Waals surface area (Å²) in [7, 11) is 0. The fourth-order valence-corrected chi connectivity index (χ4v) is 1.23. The van der Waals surface area contributed by atoms with Gasteiger partial charge in [-0.25, -0.2) is 0 Å². The summed E-state index contributed by atoms with van der Waals surface area (Å²) in [4.78, 5) is 0. The number of para-hydroxylation sites is 1. The molecule has 0 bridgehead atoms. The number of aryl methyl sites for hydroxylation is 1. The first-order valence-corrected chi connectivity index (χ1v) is 4.36. The number of ether oxygens (including phenoxy) is 1. The lowest BCUT2D eigenvalue weighted by Gasteiger charge is -2.08. The Morgan fingerprint density at radius 1 is 1.31 bits per heavy atom. The first kappa shape index (κ1) is 10.3. The van der Waals surface area contributed by atoms with Crippen molar-refractivity contribution in [1.29, 1.82) is 0 Å². The Balaban J connectivity index is 2.78. The van der Waals surface area contributed by atoms with Crippen LogP contribution in [0, 0.1) is 0 Å². The molecule has 0 saturated heterocycles. The predicted molar refractivity (Wildman–Crippen MR) is 47.5 cm³/mol. The summed E-state index contributed by atoms with van der Waals surface area (Å²) in [6.45, 7) is -2.78. The summed E-state index contributed by atoms with van der Waals surface area (Å²) >= 11 is 5.50. The van der Waals surface area contributed by atoms with Crippen LogP contribution in [0.2, 0.25) is 0 Å². The Bertz CT molecular complexity index is 266. The van der Waals surface area contributed by atoms with Crippen molar-refractivity contribution in [3.05, 3.63) is 29.8 Å². The lowest BCUT2D eigenvalue weighted by atomic mass is 10.1. The van der Waals surface area contributed by atoms with Crippen molar-refractivity contribution in [3.63, 3.8) is 0 Å². The van der Waals surface area contributed by atoms with Gasteiger partial charge in [-0.05, 0) is 18.1 Å². The second-order valence-corrected chi connectivity index (χ2v) is 2.80. The third-order valence-corrected chi connectivity index (χ3v) is 1.74. The van der Waals surface area contributed by atoms with E-state index in [9.17, 15) is 8.78 Å². The van der Waals surface area contributed by atoms with E-state index in [2.05, 4.69) is 4.74 Å². The Kier molecular flexibility index (Phi) is 3.96. The van der Waals surface area contributed by atoms with Crippen LogP contribution in [0.3, 0.4) is 0 Å². The maximum Gasteiger partial charge on any atom is 0.387 e. The topological polar surface area (TPSA) is 9.23 Å². The van der Waals surface area contributed by atoms with Gasteiger partial charge in [0.1, 0.15) is 5.75 Å². The van der Waals surface area contributed by atoms with Crippen molar-refractivity contribution in [2.24, 2.45) is 0 Å². The highest BCUT2D eigenvalue weighted by molar-refractivity contribution is 6.18. The fourth-order valence-electron chi connectivity index (χ4n) is 1.02. The Morgan fingerprint density at radius 3 is 2.62 bits per heavy atom. The molecule has 0 aliphatic rings. The zero-order valence-electron chi connectivity index (χ0n) is 6.84. The molecule has 72 valence electrons. The Morgan fingerprint density at radius 2 is 2.00 bits per heavy atom. The molecule has 0 aromatic heterocycles. The normalized spacial score (nSPS) is 10.5. The number of rotatable bonds is 4. The molecule has 0 saturated carbocycles. The number of benzene rings is 1. The van der Waals surface area contributed by atoms with E-state index in [0.29, 0.717) is 17.9 Å². The first-order chi connectivity index (χ1) is 6.24. The number of alkyl halides is 3. The highest BCUT2D eigenvalue weighted by Gasteiger charge is 2.07. The van der Waals surface area contributed by atoms with Crippen molar-refractivity contribution >= 4 is 11.6 Å². The average molecular weight is 207 g/mol. The first-order valence-electron chi connectivity index (χ1n) is 3.82. The van der Waals surface area contributed by atoms with Crippen LogP contribution in [0.15, 0.2) is 24.3 Å². The average Bonchev–Trinajstić information content (AvgIpc) is 2.08. The minimum Gasteiger partial charge on any atom is -0.435 e. The molecule has 0 fully saturated rings. The second kappa shape index (κ2) is 5.02. The largest absolute Gasteiger partial charge is 0.435 e. The van der Waals surface area contributed by atoms with Crippen LogP contribution in [0.5, 0.6) is 5.75 Å². The van der Waals surface area contributed by atoms with Crippen molar-refractivity contribution < 1.29 is 13.5 Å². The van der Waals surface area contributed by atoms with Gasteiger partial charge in [-0.15, -0.1) is 11.6 Å². The van der Waals surface area contributed by atoms with E-state index in [0.717, 1.165) is 0 Å². The molecule has 0 radical (unpaired) electrons. The molecule has 0 amide bonds. The molecular weight excluding hydrogens is 198 g/mol. The van der Waals surface area contributed by atoms with Crippen molar-refractivity contribution in [3.8, 4) is 5.75 Å². The van der Waals surface area contributed by atoms with Crippen molar-refractivity contribution in [2.45, 2.75) is 13.0 Å². The third kappa shape index (κ3) is 3.19. The van der Waals surface area contributed by atoms with Crippen LogP contribution in [0.25, 0.3) is 0 Å². The minimum absolute atomic E-state index is 0.207. The monoisotopic (exact) mass is 206 g/mol. The van der Waals surface area contributed by atoms with Gasteiger partial charge in [-0.1, -0.05) is 18.2 Å². The summed E-state index contributed by atoms with van der Waals surface area (Å²) in [5.41, 5.74) is 0.706. The molecule has 13 heavy (non-hydrogen) atoms. The lowest BCUT2D eigenvalue weighted by molar-refractivity contribution is -0.0504. The van der Waals surface area contributed by atoms with Gasteiger partial charge in [0.2, 0.25) is 0 Å². The van der Waals surface area contributed by atoms with E-state index >= 15 is 0 Å². The van der Waals surface area contributed by atoms with Crippen LogP contribution in [0.1, 0.15) is 5.56 Å². The van der Waals surface area contributed by atoms with Gasteiger partial charge in [0.05, 0.1) is 0 Å². The molecule has 0 aliphatic carbocycles. The molecule has 0 N–H and O–H groups in total. The van der Waals surface area contributed by atoms with Crippen molar-refractivity contribution in [2.75, 3.05) is 5.88 Å². The van der Waals surface area contributed by atoms with Gasteiger partial charge >= 0.3 is 6.61 Å². The van der Waals surface area contributed by atoms with E-state index in [1.165, 1.54) is 6.07 Å². The van der Waals surface area contributed by atoms with E-state index in [-0.39, 0.29) is 5.75 Å². The summed E-state index contributed by atoms with van der Waals surface area (Å²) in [6, 6.07) is 6.64. The third-order valence-electron chi connectivity index (χ3n) is 1.55. The van der Waals surface area contributed by atoms with Gasteiger partial charge in [0.15, 0.2) is 0 Å². The summed E-state index contributed by atoms with van der Waals surface area (Å²) < 4.78 is 28.1. The van der Waals surface area contributed by atoms with Gasteiger partial charge in [0.25, 0.3) is 0 Å². The molecule has 1 nitrogen and oxygen atoms in total. The maximum atomic E-state index is 11.9. The van der Waals surface area contributed by atoms with Crippen LogP contribution < -0.4 is 4.74 Å². The molecule has 1 rings (SSSR count). The molecule has 0 spiro atoms. The molecule has 1 aromatic rings. The lowest BCUT2D eigenvalue weighted by Crippen LogP contribution is -2.04. The maximum absolute atomic E-state index is 11.9. The van der Waals surface area contributed by atoms with Crippen LogP contribution >= 0.6 is 11.6 Å². The summed E-state index contributed by atoms with van der Waals surface area (Å²) in [5, 5.41) is 0. The van der Waals surface area contributed by atoms with Gasteiger partial charge in [-0.3, -0.25) is 0 Å². The van der Waals surface area contributed by atoms with E-state index in [1.807, 2.05) is 0 Å². The van der Waals surface area contributed by atoms with Gasteiger partial charge < -0.3 is 4.74 Å². The molecule has 0 unspecified atom stereocenters. The molecular formula is C9H9ClF2O. The second-order valence-electron chi connectivity index (χ2n) is 2.43. The highest BCUT2D eigenvalue weighted by Crippen LogP contribution is 2.20. The highest BCUT2D eigenvalue weighted by atomic mass is 35.5. The standard InChI is InChI=1S/C9H9ClF2O/c10-6-5-7-3-1-2-4-8(7)13-9(11)12/h1-4,9H,5-6H2. The Labute approximate surface area is 80.3 Å². The van der Waals surface area contributed by atoms with Crippen LogP contribution in [-0.2, 0) is 6.42 Å². The van der Waals surface area contributed by atoms with Crippen molar-refractivity contribution in [1.82, 2.24) is 0 Å². The van der Waals surface area contributed by atoms with Gasteiger partial charge in [0, 0.05) is 5.88 Å². The van der Waals surface area contributed by atoms with Crippen LogP contribution in [-0.4, -0.2) is 12.5 Å². The van der Waals surface area contributed by atoms with Gasteiger partial charge in [-0.2, -0.15) is 8.78 Å². The van der Waals surface area contributed by atoms with E-state index in [1.54, 1.807) is 18.2 Å². The van der Waals surface area contributed by atoms with Crippen LogP contribution in [0.4, 0.5) is 8.78 Å². The fraction of sp³-hybridized carbons (Fsp3) is 0.333. The number of hydrogen-bond acceptors (Lipinski definition) is 1. The van der Waals surface area contributed by atoms with E-state index in [4.69, 9.17) is 11.6 Å². The summed E-state index contributed by atoms with van der Waals surface area (Å²) in [5.74, 6) is 0.599. The zero-order chi connectivity index (χ0) is 9.68. The number of hydrogen-bond donors (Lipinski definition) is 0. The molecule has 0 atom stereocenters. The molecule has 0 aliphatic heterocycles. The van der Waals surface area contributed by atoms with E-state index < -0.39 is 6.61 Å². The quantitative estimate of drug-likeness (QED) is 0.688. The smallest absolute Gasteiger partial charge is 0.387 e. The summed E-state index contributed by atoms with van der Waals surface area (Å²) in [6.07, 6.45) is 0.532. The number of halogens is 3. The zero-order valence-corrected chi connectivity index (χ0v) is 7.60. The molecule has 4 heteroatoms. The Hall–Kier alpha value is -0.830. The molecule has 0 heterocycles. The predicted octanol–water partition coefficient (Wildman–Crippen LogP) is 3.07. The minimum atomic E-state index is -2.78. The SMILES string of the molecule is FC(F)Oc1ccccc1CCCl. The molecule has 1 aromatic carbocycles.